The molecule has 0 aliphatic rings. The molecule has 6 nitrogen and oxygen atoms in total. The average molecular weight is 274 g/mol. The first-order valence-electron chi connectivity index (χ1n) is 5.05. The molecule has 1 aromatic rings. The highest BCUT2D eigenvalue weighted by Gasteiger charge is 2.13. The quantitative estimate of drug-likeness (QED) is 0.825. The molecule has 0 spiro atoms. The topological polar surface area (TPSA) is 89.9 Å². The van der Waals surface area contributed by atoms with E-state index in [2.05, 4.69) is 0 Å². The zero-order chi connectivity index (χ0) is 13.8. The Bertz CT molecular complexity index is 534. The summed E-state index contributed by atoms with van der Waals surface area (Å²) < 4.78 is 32.0. The molecule has 1 N–H and O–H groups in total. The van der Waals surface area contributed by atoms with Crippen molar-refractivity contribution in [3.63, 3.8) is 0 Å². The van der Waals surface area contributed by atoms with Crippen LogP contribution in [0.5, 0.6) is 11.5 Å². The first-order chi connectivity index (χ1) is 8.33. The van der Waals surface area contributed by atoms with Gasteiger partial charge < -0.3 is 14.6 Å². The molecular formula is C11H14O6S. The number of ether oxygens (including phenoxy) is 2. The molecule has 0 atom stereocenters. The Labute approximate surface area is 105 Å². The fourth-order valence-electron chi connectivity index (χ4n) is 1.23. The van der Waals surface area contributed by atoms with E-state index in [0.717, 1.165) is 6.26 Å². The van der Waals surface area contributed by atoms with E-state index < -0.39 is 15.8 Å². The molecular weight excluding hydrogens is 260 g/mol. The SMILES string of the molecule is COc1ccc(C(=O)O)c(OCCS(C)(=O)=O)c1. The van der Waals surface area contributed by atoms with Gasteiger partial charge in [0.1, 0.15) is 23.7 Å². The molecule has 1 rings (SSSR count). The Morgan fingerprint density at radius 2 is 2.06 bits per heavy atom. The Balaban J connectivity index is 2.87. The van der Waals surface area contributed by atoms with Crippen LogP contribution in [0.25, 0.3) is 0 Å². The fourth-order valence-corrected chi connectivity index (χ4v) is 1.61. The predicted octanol–water partition coefficient (Wildman–Crippen LogP) is 0.817. The smallest absolute Gasteiger partial charge is 0.339 e. The summed E-state index contributed by atoms with van der Waals surface area (Å²) in [6.07, 6.45) is 1.08. The first kappa shape index (κ1) is 14.3. The normalized spacial score (nSPS) is 11.0. The number of hydrogen-bond acceptors (Lipinski definition) is 5. The van der Waals surface area contributed by atoms with Crippen molar-refractivity contribution in [3.8, 4) is 11.5 Å². The van der Waals surface area contributed by atoms with Gasteiger partial charge >= 0.3 is 5.97 Å². The lowest BCUT2D eigenvalue weighted by Crippen LogP contribution is -2.13. The van der Waals surface area contributed by atoms with Gasteiger partial charge in [-0.25, -0.2) is 13.2 Å². The second-order valence-electron chi connectivity index (χ2n) is 3.65. The molecule has 0 amide bonds. The van der Waals surface area contributed by atoms with Crippen molar-refractivity contribution in [1.29, 1.82) is 0 Å². The van der Waals surface area contributed by atoms with Crippen molar-refractivity contribution in [2.45, 2.75) is 0 Å². The summed E-state index contributed by atoms with van der Waals surface area (Å²) in [6.45, 7) is -0.105. The lowest BCUT2D eigenvalue weighted by Gasteiger charge is -2.10. The third kappa shape index (κ3) is 4.25. The van der Waals surface area contributed by atoms with Gasteiger partial charge in [-0.05, 0) is 12.1 Å². The van der Waals surface area contributed by atoms with Gasteiger partial charge in [-0.3, -0.25) is 0 Å². The van der Waals surface area contributed by atoms with Gasteiger partial charge in [0.25, 0.3) is 0 Å². The number of sulfone groups is 1. The molecule has 0 unspecified atom stereocenters. The Kier molecular flexibility index (Phi) is 4.55. The van der Waals surface area contributed by atoms with E-state index in [9.17, 15) is 13.2 Å². The van der Waals surface area contributed by atoms with Crippen LogP contribution in [0.15, 0.2) is 18.2 Å². The highest BCUT2D eigenvalue weighted by molar-refractivity contribution is 7.90. The molecule has 0 fully saturated rings. The minimum atomic E-state index is -3.15. The average Bonchev–Trinajstić information content (AvgIpc) is 2.26. The number of aromatic carboxylic acids is 1. The van der Waals surface area contributed by atoms with Crippen molar-refractivity contribution < 1.29 is 27.8 Å². The Morgan fingerprint density at radius 3 is 2.56 bits per heavy atom. The maximum atomic E-state index is 10.9. The van der Waals surface area contributed by atoms with E-state index in [1.807, 2.05) is 0 Å². The number of hydrogen-bond donors (Lipinski definition) is 1. The van der Waals surface area contributed by atoms with Crippen molar-refractivity contribution in [1.82, 2.24) is 0 Å². The van der Waals surface area contributed by atoms with E-state index in [1.54, 1.807) is 0 Å². The van der Waals surface area contributed by atoms with Crippen molar-refractivity contribution >= 4 is 15.8 Å². The van der Waals surface area contributed by atoms with Crippen LogP contribution in [0, 0.1) is 0 Å². The van der Waals surface area contributed by atoms with Gasteiger partial charge in [0, 0.05) is 12.3 Å². The number of carboxylic acid groups (broad SMARTS) is 1. The molecule has 18 heavy (non-hydrogen) atoms. The minimum absolute atomic E-state index is 0.0377. The molecule has 0 aromatic heterocycles. The molecule has 1 aromatic carbocycles. The Morgan fingerprint density at radius 1 is 1.39 bits per heavy atom. The summed E-state index contributed by atoms with van der Waals surface area (Å²) in [5.41, 5.74) is -0.0377. The third-order valence-electron chi connectivity index (χ3n) is 2.13. The van der Waals surface area contributed by atoms with E-state index >= 15 is 0 Å². The van der Waals surface area contributed by atoms with E-state index in [1.165, 1.54) is 25.3 Å². The number of benzene rings is 1. The molecule has 7 heteroatoms. The molecule has 0 saturated heterocycles. The second kappa shape index (κ2) is 5.72. The van der Waals surface area contributed by atoms with Crippen LogP contribution in [0.4, 0.5) is 0 Å². The van der Waals surface area contributed by atoms with Crippen LogP contribution in [-0.2, 0) is 9.84 Å². The molecule has 0 saturated carbocycles. The maximum absolute atomic E-state index is 10.9. The summed E-state index contributed by atoms with van der Waals surface area (Å²) in [4.78, 5) is 10.9. The van der Waals surface area contributed by atoms with E-state index in [4.69, 9.17) is 14.6 Å². The number of methoxy groups -OCH3 is 1. The van der Waals surface area contributed by atoms with Crippen molar-refractivity contribution in [2.24, 2.45) is 0 Å². The zero-order valence-corrected chi connectivity index (χ0v) is 10.9. The number of rotatable bonds is 6. The second-order valence-corrected chi connectivity index (χ2v) is 5.91. The summed E-state index contributed by atoms with van der Waals surface area (Å²) in [5.74, 6) is -0.796. The van der Waals surface area contributed by atoms with Gasteiger partial charge in [-0.2, -0.15) is 0 Å². The van der Waals surface area contributed by atoms with Crippen LogP contribution in [0.3, 0.4) is 0 Å². The van der Waals surface area contributed by atoms with Crippen LogP contribution < -0.4 is 9.47 Å². The maximum Gasteiger partial charge on any atom is 0.339 e. The molecule has 0 aliphatic carbocycles. The van der Waals surface area contributed by atoms with Crippen LogP contribution in [0.1, 0.15) is 10.4 Å². The van der Waals surface area contributed by atoms with E-state index in [0.29, 0.717) is 5.75 Å². The molecule has 0 bridgehead atoms. The highest BCUT2D eigenvalue weighted by atomic mass is 32.2. The lowest BCUT2D eigenvalue weighted by molar-refractivity contribution is 0.0692. The molecule has 0 heterocycles. The van der Waals surface area contributed by atoms with Crippen LogP contribution in [-0.4, -0.2) is 45.2 Å². The van der Waals surface area contributed by atoms with Gasteiger partial charge in [0.15, 0.2) is 9.84 Å². The summed E-state index contributed by atoms with van der Waals surface area (Å²) in [7, 11) is -1.71. The van der Waals surface area contributed by atoms with Gasteiger partial charge in [-0.1, -0.05) is 0 Å². The summed E-state index contributed by atoms with van der Waals surface area (Å²) >= 11 is 0. The van der Waals surface area contributed by atoms with Gasteiger partial charge in [0.05, 0.1) is 12.9 Å². The predicted molar refractivity (Wildman–Crippen MR) is 65.2 cm³/mol. The monoisotopic (exact) mass is 274 g/mol. The lowest BCUT2D eigenvalue weighted by atomic mass is 10.2. The Hall–Kier alpha value is -1.76. The van der Waals surface area contributed by atoms with E-state index in [-0.39, 0.29) is 23.7 Å². The van der Waals surface area contributed by atoms with Crippen LogP contribution in [0.2, 0.25) is 0 Å². The molecule has 0 aliphatic heterocycles. The summed E-state index contributed by atoms with van der Waals surface area (Å²) in [5, 5.41) is 8.95. The zero-order valence-electron chi connectivity index (χ0n) is 10.0. The molecule has 100 valence electrons. The third-order valence-corrected chi connectivity index (χ3v) is 3.04. The van der Waals surface area contributed by atoms with Crippen molar-refractivity contribution in [3.05, 3.63) is 23.8 Å². The minimum Gasteiger partial charge on any atom is -0.497 e. The molecule has 0 radical (unpaired) electrons. The fraction of sp³-hybridized carbons (Fsp3) is 0.364. The standard InChI is InChI=1S/C11H14O6S/c1-16-8-3-4-9(11(12)13)10(7-8)17-5-6-18(2,14)15/h3-4,7H,5-6H2,1-2H3,(H,12,13). The van der Waals surface area contributed by atoms with Crippen molar-refractivity contribution in [2.75, 3.05) is 25.7 Å². The van der Waals surface area contributed by atoms with Gasteiger partial charge in [0.2, 0.25) is 0 Å². The number of carboxylic acids is 1. The summed E-state index contributed by atoms with van der Waals surface area (Å²) in [6, 6.07) is 4.25. The van der Waals surface area contributed by atoms with Crippen LogP contribution >= 0.6 is 0 Å². The largest absolute Gasteiger partial charge is 0.497 e. The van der Waals surface area contributed by atoms with Gasteiger partial charge in [-0.15, -0.1) is 0 Å². The first-order valence-corrected chi connectivity index (χ1v) is 7.11. The highest BCUT2D eigenvalue weighted by Crippen LogP contribution is 2.24. The number of carbonyl (C=O) groups is 1.